The van der Waals surface area contributed by atoms with E-state index in [-0.39, 0.29) is 0 Å². The summed E-state index contributed by atoms with van der Waals surface area (Å²) in [6.45, 7) is 0. The molecular weight excluding hydrogens is 108 g/mol. The summed E-state index contributed by atoms with van der Waals surface area (Å²) >= 11 is 0. The molecule has 0 saturated heterocycles. The van der Waals surface area contributed by atoms with Crippen molar-refractivity contribution in [2.45, 2.75) is 0 Å². The predicted octanol–water partition coefficient (Wildman–Crippen LogP) is -1.65. The van der Waals surface area contributed by atoms with Crippen molar-refractivity contribution in [1.29, 1.82) is 0 Å². The Morgan fingerprint density at radius 3 is 2.88 bits per heavy atom. The zero-order chi connectivity index (χ0) is 5.98. The van der Waals surface area contributed by atoms with Crippen LogP contribution in [0.4, 0.5) is 0 Å². The van der Waals surface area contributed by atoms with Gasteiger partial charge in [-0.3, -0.25) is 0 Å². The first-order chi connectivity index (χ1) is 3.80. The van der Waals surface area contributed by atoms with Crippen LogP contribution in [0.15, 0.2) is 17.2 Å². The van der Waals surface area contributed by atoms with E-state index in [1.807, 2.05) is 0 Å². The molecule has 5 nitrogen and oxygen atoms in total. The van der Waals surface area contributed by atoms with E-state index >= 15 is 0 Å². The average molecular weight is 112 g/mol. The number of nitrogens with zero attached hydrogens (tertiary/aromatic N) is 3. The van der Waals surface area contributed by atoms with E-state index in [1.54, 1.807) is 0 Å². The van der Waals surface area contributed by atoms with Crippen LogP contribution in [0.1, 0.15) is 0 Å². The molecule has 0 unspecified atom stereocenters. The van der Waals surface area contributed by atoms with Crippen LogP contribution in [-0.2, 0) is 0 Å². The third-order valence-corrected chi connectivity index (χ3v) is 0.658. The zero-order valence-corrected chi connectivity index (χ0v) is 3.98. The number of nitrogens with two attached hydrogens (primary N) is 1. The summed E-state index contributed by atoms with van der Waals surface area (Å²) in [6.07, 6.45) is 2.66. The lowest BCUT2D eigenvalue weighted by Gasteiger charge is -1.87. The van der Waals surface area contributed by atoms with Crippen LogP contribution >= 0.6 is 0 Å². The van der Waals surface area contributed by atoms with Crippen molar-refractivity contribution in [3.05, 3.63) is 22.9 Å². The van der Waals surface area contributed by atoms with Gasteiger partial charge in [0.15, 0.2) is 0 Å². The molecule has 5 heteroatoms. The molecule has 0 radical (unpaired) electrons. The lowest BCUT2D eigenvalue weighted by atomic mass is 10.9. The molecule has 0 aliphatic heterocycles. The van der Waals surface area contributed by atoms with Gasteiger partial charge in [-0.1, -0.05) is 5.10 Å². The molecule has 0 bridgehead atoms. The Morgan fingerprint density at radius 1 is 1.75 bits per heavy atom. The third-order valence-electron chi connectivity index (χ3n) is 0.658. The molecule has 1 aromatic heterocycles. The highest BCUT2D eigenvalue weighted by Crippen LogP contribution is 1.58. The van der Waals surface area contributed by atoms with Crippen LogP contribution in [-0.4, -0.2) is 14.9 Å². The van der Waals surface area contributed by atoms with Gasteiger partial charge in [-0.15, -0.1) is 0 Å². The standard InChI is InChI=1S/C3H4N4O/c4-7-2-1-5-6-3(7)8/h1-2H,4H2. The molecule has 0 aliphatic rings. The minimum Gasteiger partial charge on any atom is -0.335 e. The van der Waals surface area contributed by atoms with Gasteiger partial charge in [-0.2, -0.15) is 5.10 Å². The van der Waals surface area contributed by atoms with E-state index in [1.165, 1.54) is 12.4 Å². The van der Waals surface area contributed by atoms with E-state index in [4.69, 9.17) is 5.84 Å². The molecule has 0 aliphatic carbocycles. The van der Waals surface area contributed by atoms with Gasteiger partial charge in [0.25, 0.3) is 0 Å². The molecule has 0 amide bonds. The zero-order valence-electron chi connectivity index (χ0n) is 3.98. The normalized spacial score (nSPS) is 9.00. The number of rotatable bonds is 0. The van der Waals surface area contributed by atoms with Gasteiger partial charge >= 0.3 is 5.69 Å². The van der Waals surface area contributed by atoms with Gasteiger partial charge in [0.05, 0.1) is 12.4 Å². The van der Waals surface area contributed by atoms with Crippen molar-refractivity contribution in [1.82, 2.24) is 14.9 Å². The van der Waals surface area contributed by atoms with E-state index in [2.05, 4.69) is 10.2 Å². The lowest BCUT2D eigenvalue weighted by molar-refractivity contribution is 0.799. The van der Waals surface area contributed by atoms with E-state index in [0.717, 1.165) is 4.68 Å². The Kier molecular flexibility index (Phi) is 0.957. The van der Waals surface area contributed by atoms with Gasteiger partial charge in [0, 0.05) is 0 Å². The molecule has 2 N–H and O–H groups in total. The summed E-state index contributed by atoms with van der Waals surface area (Å²) in [6, 6.07) is 0. The van der Waals surface area contributed by atoms with Crippen LogP contribution in [0, 0.1) is 0 Å². The highest BCUT2D eigenvalue weighted by Gasteiger charge is 1.83. The molecule has 0 fully saturated rings. The second kappa shape index (κ2) is 1.61. The Balaban J connectivity index is 3.35. The molecule has 0 saturated carbocycles. The molecule has 0 spiro atoms. The Morgan fingerprint density at radius 2 is 2.50 bits per heavy atom. The molecule has 0 atom stereocenters. The highest BCUT2D eigenvalue weighted by atomic mass is 16.2. The molecular formula is C3H4N4O. The molecule has 42 valence electrons. The van der Waals surface area contributed by atoms with Crippen molar-refractivity contribution in [3.63, 3.8) is 0 Å². The summed E-state index contributed by atoms with van der Waals surface area (Å²) in [5, 5.41) is 6.39. The Labute approximate surface area is 44.7 Å². The fourth-order valence-electron chi connectivity index (χ4n) is 0.300. The van der Waals surface area contributed by atoms with Crippen molar-refractivity contribution in [3.8, 4) is 0 Å². The maximum atomic E-state index is 10.3. The molecule has 1 aromatic rings. The highest BCUT2D eigenvalue weighted by molar-refractivity contribution is 4.68. The molecule has 1 heterocycles. The average Bonchev–Trinajstić information content (AvgIpc) is 1.77. The minimum absolute atomic E-state index is 0.549. The van der Waals surface area contributed by atoms with Crippen LogP contribution in [0.25, 0.3) is 0 Å². The van der Waals surface area contributed by atoms with Crippen molar-refractivity contribution < 1.29 is 0 Å². The summed E-state index contributed by atoms with van der Waals surface area (Å²) in [5.41, 5.74) is -0.549. The fraction of sp³-hybridized carbons (Fsp3) is 0. The summed E-state index contributed by atoms with van der Waals surface area (Å²) in [7, 11) is 0. The lowest BCUT2D eigenvalue weighted by Crippen LogP contribution is -2.28. The maximum Gasteiger partial charge on any atom is 0.384 e. The van der Waals surface area contributed by atoms with Gasteiger partial charge < -0.3 is 5.84 Å². The second-order valence-electron chi connectivity index (χ2n) is 1.20. The molecule has 8 heavy (non-hydrogen) atoms. The first-order valence-electron chi connectivity index (χ1n) is 1.96. The van der Waals surface area contributed by atoms with Crippen LogP contribution in [0.3, 0.4) is 0 Å². The SMILES string of the molecule is Nn1ccnnc1=O. The third kappa shape index (κ3) is 0.651. The minimum atomic E-state index is -0.549. The Hall–Kier alpha value is -1.39. The number of nitrogen functional groups attached to an aromatic ring is 1. The van der Waals surface area contributed by atoms with E-state index in [9.17, 15) is 4.79 Å². The van der Waals surface area contributed by atoms with Crippen molar-refractivity contribution >= 4 is 0 Å². The summed E-state index contributed by atoms with van der Waals surface area (Å²) < 4.78 is 0.854. The predicted molar refractivity (Wildman–Crippen MR) is 26.4 cm³/mol. The van der Waals surface area contributed by atoms with Gasteiger partial charge in [-0.25, -0.2) is 9.47 Å². The first-order valence-corrected chi connectivity index (χ1v) is 1.96. The second-order valence-corrected chi connectivity index (χ2v) is 1.20. The van der Waals surface area contributed by atoms with Crippen LogP contribution in [0.5, 0.6) is 0 Å². The van der Waals surface area contributed by atoms with Gasteiger partial charge in [-0.05, 0) is 0 Å². The summed E-state index contributed by atoms with van der Waals surface area (Å²) in [4.78, 5) is 10.3. The quantitative estimate of drug-likeness (QED) is 0.408. The van der Waals surface area contributed by atoms with Gasteiger partial charge in [0.2, 0.25) is 0 Å². The summed E-state index contributed by atoms with van der Waals surface area (Å²) in [5.74, 6) is 5.02. The molecule has 1 rings (SSSR count). The van der Waals surface area contributed by atoms with Crippen LogP contribution < -0.4 is 11.5 Å². The topological polar surface area (TPSA) is 73.8 Å². The number of hydrogen-bond acceptors (Lipinski definition) is 4. The number of aromatic nitrogens is 3. The van der Waals surface area contributed by atoms with Crippen molar-refractivity contribution in [2.75, 3.05) is 5.84 Å². The first kappa shape index (κ1) is 4.76. The van der Waals surface area contributed by atoms with Crippen LogP contribution in [0.2, 0.25) is 0 Å². The number of hydrogen-bond donors (Lipinski definition) is 1. The van der Waals surface area contributed by atoms with E-state index in [0.29, 0.717) is 0 Å². The molecule has 0 aromatic carbocycles. The van der Waals surface area contributed by atoms with Gasteiger partial charge in [0.1, 0.15) is 0 Å². The Bertz CT molecular complexity index is 229. The van der Waals surface area contributed by atoms with E-state index < -0.39 is 5.69 Å². The largest absolute Gasteiger partial charge is 0.384 e. The maximum absolute atomic E-state index is 10.3. The van der Waals surface area contributed by atoms with Crippen molar-refractivity contribution in [2.24, 2.45) is 0 Å². The fourth-order valence-corrected chi connectivity index (χ4v) is 0.300. The smallest absolute Gasteiger partial charge is 0.335 e. The monoisotopic (exact) mass is 112 g/mol.